The third-order valence-electron chi connectivity index (χ3n) is 6.26. The fourth-order valence-corrected chi connectivity index (χ4v) is 5.15. The van der Waals surface area contributed by atoms with Gasteiger partial charge in [-0.15, -0.1) is 11.3 Å². The smallest absolute Gasteiger partial charge is 0.231 e. The molecule has 1 atom stereocenters. The first-order valence-corrected chi connectivity index (χ1v) is 12.5. The zero-order valence-electron chi connectivity index (χ0n) is 20.2. The van der Waals surface area contributed by atoms with Crippen molar-refractivity contribution >= 4 is 34.0 Å². The van der Waals surface area contributed by atoms with E-state index >= 15 is 0 Å². The number of rotatable bonds is 8. The van der Waals surface area contributed by atoms with E-state index in [9.17, 15) is 9.59 Å². The first-order chi connectivity index (χ1) is 16.4. The maximum Gasteiger partial charge on any atom is 0.231 e. The number of benzene rings is 2. The predicted octanol–water partition coefficient (Wildman–Crippen LogP) is 5.77. The molecule has 3 aromatic rings. The van der Waals surface area contributed by atoms with Crippen molar-refractivity contribution in [3.63, 3.8) is 0 Å². The van der Waals surface area contributed by atoms with E-state index in [0.29, 0.717) is 11.7 Å². The highest BCUT2D eigenvalue weighted by Gasteiger charge is 2.35. The fraction of sp³-hybridized carbons (Fsp3) is 0.370. The molecule has 1 aliphatic heterocycles. The van der Waals surface area contributed by atoms with E-state index in [1.807, 2.05) is 44.2 Å². The number of nitrogens with zero attached hydrogens (tertiary/aromatic N) is 2. The Hall–Kier alpha value is -3.19. The number of unbranched alkanes of at least 4 members (excludes halogenated alkanes) is 1. The number of nitrogens with one attached hydrogen (secondary N) is 1. The summed E-state index contributed by atoms with van der Waals surface area (Å²) in [6, 6.07) is 14.1. The molecular formula is C27H31N3O3S. The van der Waals surface area contributed by atoms with Crippen LogP contribution in [0.15, 0.2) is 42.5 Å². The Kier molecular flexibility index (Phi) is 7.32. The molecule has 0 radical (unpaired) electrons. The lowest BCUT2D eigenvalue weighted by molar-refractivity contribution is -0.122. The molecule has 1 aromatic heterocycles. The van der Waals surface area contributed by atoms with E-state index in [0.717, 1.165) is 52.4 Å². The van der Waals surface area contributed by atoms with Gasteiger partial charge >= 0.3 is 0 Å². The largest absolute Gasteiger partial charge is 0.496 e. The minimum atomic E-state index is -0.400. The lowest BCUT2D eigenvalue weighted by atomic mass is 10.1. The number of aromatic nitrogens is 1. The monoisotopic (exact) mass is 477 g/mol. The minimum absolute atomic E-state index is 0.0221. The average Bonchev–Trinajstić information content (AvgIpc) is 3.40. The molecule has 1 unspecified atom stereocenters. The molecule has 0 saturated carbocycles. The topological polar surface area (TPSA) is 71.5 Å². The van der Waals surface area contributed by atoms with Crippen LogP contribution >= 0.6 is 11.3 Å². The van der Waals surface area contributed by atoms with Gasteiger partial charge in [0.1, 0.15) is 5.75 Å². The van der Waals surface area contributed by atoms with Crippen LogP contribution in [-0.4, -0.2) is 30.5 Å². The summed E-state index contributed by atoms with van der Waals surface area (Å²) in [6.45, 7) is 6.55. The molecule has 1 saturated heterocycles. The average molecular weight is 478 g/mol. The van der Waals surface area contributed by atoms with Gasteiger partial charge in [0.25, 0.3) is 0 Å². The zero-order valence-corrected chi connectivity index (χ0v) is 21.0. The Morgan fingerprint density at radius 1 is 1.21 bits per heavy atom. The first kappa shape index (κ1) is 24.0. The number of anilines is 2. The highest BCUT2D eigenvalue weighted by atomic mass is 32.1. The van der Waals surface area contributed by atoms with Crippen LogP contribution in [0, 0.1) is 19.8 Å². The van der Waals surface area contributed by atoms with Gasteiger partial charge < -0.3 is 15.0 Å². The van der Waals surface area contributed by atoms with Crippen molar-refractivity contribution < 1.29 is 14.3 Å². The van der Waals surface area contributed by atoms with Crippen molar-refractivity contribution in [2.45, 2.75) is 46.5 Å². The van der Waals surface area contributed by atoms with Crippen LogP contribution in [0.2, 0.25) is 0 Å². The van der Waals surface area contributed by atoms with Crippen molar-refractivity contribution in [1.29, 1.82) is 0 Å². The molecule has 2 amide bonds. The third-order valence-corrected chi connectivity index (χ3v) is 7.14. The Balaban J connectivity index is 1.42. The second-order valence-corrected chi connectivity index (χ2v) is 9.98. The summed E-state index contributed by atoms with van der Waals surface area (Å²) >= 11 is 1.45. The van der Waals surface area contributed by atoms with Crippen LogP contribution in [0.5, 0.6) is 5.75 Å². The summed E-state index contributed by atoms with van der Waals surface area (Å²) in [4.78, 5) is 33.0. The Morgan fingerprint density at radius 3 is 2.65 bits per heavy atom. The normalized spacial score (nSPS) is 15.6. The van der Waals surface area contributed by atoms with E-state index in [1.165, 1.54) is 16.9 Å². The first-order valence-electron chi connectivity index (χ1n) is 11.7. The fourth-order valence-electron chi connectivity index (χ4n) is 4.31. The molecule has 2 aromatic carbocycles. The second-order valence-electron chi connectivity index (χ2n) is 8.77. The maximum atomic E-state index is 13.0. The number of methoxy groups -OCH3 is 1. The van der Waals surface area contributed by atoms with Crippen LogP contribution in [-0.2, 0) is 16.0 Å². The third kappa shape index (κ3) is 5.14. The van der Waals surface area contributed by atoms with E-state index < -0.39 is 5.92 Å². The van der Waals surface area contributed by atoms with Gasteiger partial charge in [0.15, 0.2) is 5.13 Å². The quantitative estimate of drug-likeness (QED) is 0.447. The van der Waals surface area contributed by atoms with Crippen molar-refractivity contribution in [3.8, 4) is 17.0 Å². The number of amides is 2. The zero-order chi connectivity index (χ0) is 24.2. The number of ether oxygens (including phenoxy) is 1. The summed E-state index contributed by atoms with van der Waals surface area (Å²) in [5.74, 6) is 0.243. The summed E-state index contributed by atoms with van der Waals surface area (Å²) in [7, 11) is 1.65. The number of carbonyl (C=O) groups is 2. The van der Waals surface area contributed by atoms with Crippen LogP contribution in [0.3, 0.4) is 0 Å². The van der Waals surface area contributed by atoms with Crippen LogP contribution in [0.4, 0.5) is 10.8 Å². The Morgan fingerprint density at radius 2 is 1.97 bits per heavy atom. The molecule has 1 N–H and O–H groups in total. The van der Waals surface area contributed by atoms with Crippen molar-refractivity contribution in [2.75, 3.05) is 23.9 Å². The molecule has 2 heterocycles. The highest BCUT2D eigenvalue weighted by Crippen LogP contribution is 2.33. The Labute approximate surface area is 205 Å². The van der Waals surface area contributed by atoms with E-state index in [1.54, 1.807) is 12.0 Å². The molecule has 0 aliphatic carbocycles. The molecular weight excluding hydrogens is 446 g/mol. The molecule has 4 rings (SSSR count). The molecule has 6 nitrogen and oxygen atoms in total. The standard InChI is InChI=1S/C27H31N3O3S/c1-5-6-7-19-8-11-22(12-9-19)30-16-21(15-24(30)31)26(32)29-27-28-25(18(3)34-27)20-10-13-23(33-4)17(2)14-20/h8-14,21H,5-7,15-16H2,1-4H3,(H,28,29,32). The molecule has 7 heteroatoms. The summed E-state index contributed by atoms with van der Waals surface area (Å²) in [6.07, 6.45) is 3.56. The van der Waals surface area contributed by atoms with Crippen molar-refractivity contribution in [2.24, 2.45) is 5.92 Å². The summed E-state index contributed by atoms with van der Waals surface area (Å²) in [5, 5.41) is 3.49. The SMILES string of the molecule is CCCCc1ccc(N2CC(C(=O)Nc3nc(-c4ccc(OC)c(C)c4)c(C)s3)CC2=O)cc1. The van der Waals surface area contributed by atoms with Crippen molar-refractivity contribution in [3.05, 3.63) is 58.5 Å². The van der Waals surface area contributed by atoms with Crippen LogP contribution < -0.4 is 15.0 Å². The predicted molar refractivity (Wildman–Crippen MR) is 138 cm³/mol. The van der Waals surface area contributed by atoms with E-state index in [4.69, 9.17) is 4.74 Å². The van der Waals surface area contributed by atoms with Gasteiger partial charge in [-0.3, -0.25) is 9.59 Å². The van der Waals surface area contributed by atoms with Crippen molar-refractivity contribution in [1.82, 2.24) is 4.98 Å². The van der Waals surface area contributed by atoms with Gasteiger partial charge in [-0.25, -0.2) is 4.98 Å². The van der Waals surface area contributed by atoms with Crippen LogP contribution in [0.1, 0.15) is 42.2 Å². The molecule has 34 heavy (non-hydrogen) atoms. The van der Waals surface area contributed by atoms with Gasteiger partial charge in [-0.05, 0) is 68.1 Å². The van der Waals surface area contributed by atoms with Gasteiger partial charge in [0.05, 0.1) is 18.7 Å². The summed E-state index contributed by atoms with van der Waals surface area (Å²) < 4.78 is 5.35. The number of thiazole rings is 1. The molecule has 0 bridgehead atoms. The maximum absolute atomic E-state index is 13.0. The highest BCUT2D eigenvalue weighted by molar-refractivity contribution is 7.16. The number of hydrogen-bond donors (Lipinski definition) is 1. The number of aryl methyl sites for hydroxylation is 3. The Bertz CT molecular complexity index is 1190. The number of carbonyl (C=O) groups excluding carboxylic acids is 2. The van der Waals surface area contributed by atoms with Gasteiger partial charge in [0.2, 0.25) is 11.8 Å². The van der Waals surface area contributed by atoms with E-state index in [-0.39, 0.29) is 18.2 Å². The molecule has 1 aliphatic rings. The molecule has 178 valence electrons. The minimum Gasteiger partial charge on any atom is -0.496 e. The van der Waals surface area contributed by atoms with Gasteiger partial charge in [-0.1, -0.05) is 25.5 Å². The van der Waals surface area contributed by atoms with Gasteiger partial charge in [0, 0.05) is 29.1 Å². The van der Waals surface area contributed by atoms with Crippen LogP contribution in [0.25, 0.3) is 11.3 Å². The second kappa shape index (κ2) is 10.4. The number of hydrogen-bond acceptors (Lipinski definition) is 5. The summed E-state index contributed by atoms with van der Waals surface area (Å²) in [5.41, 5.74) is 4.98. The molecule has 0 spiro atoms. The lowest BCUT2D eigenvalue weighted by Crippen LogP contribution is -2.28. The van der Waals surface area contributed by atoms with E-state index in [2.05, 4.69) is 29.4 Å². The van der Waals surface area contributed by atoms with Gasteiger partial charge in [-0.2, -0.15) is 0 Å². The lowest BCUT2D eigenvalue weighted by Gasteiger charge is -2.17. The molecule has 1 fully saturated rings.